The van der Waals surface area contributed by atoms with E-state index in [1.54, 1.807) is 25.1 Å². The highest BCUT2D eigenvalue weighted by Gasteiger charge is 2.37. The molecule has 1 aliphatic rings. The minimum absolute atomic E-state index is 0.0239. The van der Waals surface area contributed by atoms with Crippen molar-refractivity contribution in [2.45, 2.75) is 25.9 Å². The predicted molar refractivity (Wildman–Crippen MR) is 104 cm³/mol. The molecule has 1 N–H and O–H groups in total. The fourth-order valence-electron chi connectivity index (χ4n) is 3.59. The van der Waals surface area contributed by atoms with Crippen LogP contribution in [0.1, 0.15) is 34.7 Å². The number of likely N-dealkylation sites (tertiary alicyclic amines) is 1. The van der Waals surface area contributed by atoms with E-state index >= 15 is 0 Å². The van der Waals surface area contributed by atoms with E-state index < -0.39 is 12.0 Å². The van der Waals surface area contributed by atoms with Crippen LogP contribution in [0.15, 0.2) is 36.4 Å². The first kappa shape index (κ1) is 20.1. The molecular formula is C20H21F3N6O. The summed E-state index contributed by atoms with van der Waals surface area (Å²) in [4.78, 5) is 21.9. The molecule has 0 spiro atoms. The second-order valence-corrected chi connectivity index (χ2v) is 7.41. The van der Waals surface area contributed by atoms with Crippen LogP contribution in [0, 0.1) is 12.8 Å². The van der Waals surface area contributed by atoms with E-state index in [0.29, 0.717) is 42.6 Å². The molecule has 3 aromatic rings. The molecule has 4 rings (SSSR count). The van der Waals surface area contributed by atoms with Crippen LogP contribution in [0.3, 0.4) is 0 Å². The molecule has 1 amide bonds. The molecule has 0 radical (unpaired) electrons. The van der Waals surface area contributed by atoms with Gasteiger partial charge < -0.3 is 10.2 Å². The second-order valence-electron chi connectivity index (χ2n) is 7.41. The van der Waals surface area contributed by atoms with Crippen LogP contribution in [-0.2, 0) is 6.18 Å². The largest absolute Gasteiger partial charge is 0.453 e. The summed E-state index contributed by atoms with van der Waals surface area (Å²) in [5, 5.41) is 6.75. The van der Waals surface area contributed by atoms with E-state index in [0.717, 1.165) is 17.4 Å². The number of rotatable bonds is 4. The number of hydrogen-bond acceptors (Lipinski definition) is 5. The minimum Gasteiger partial charge on any atom is -0.370 e. The molecule has 0 bridgehead atoms. The van der Waals surface area contributed by atoms with E-state index in [2.05, 4.69) is 20.4 Å². The molecule has 0 saturated carbocycles. The zero-order valence-corrected chi connectivity index (χ0v) is 16.4. The van der Waals surface area contributed by atoms with Gasteiger partial charge in [-0.2, -0.15) is 22.7 Å². The molecule has 0 atom stereocenters. The summed E-state index contributed by atoms with van der Waals surface area (Å²) >= 11 is 0. The third-order valence-electron chi connectivity index (χ3n) is 5.19. The van der Waals surface area contributed by atoms with Crippen molar-refractivity contribution in [3.8, 4) is 0 Å². The van der Waals surface area contributed by atoms with Crippen molar-refractivity contribution < 1.29 is 18.0 Å². The number of carbonyl (C=O) groups excluding carboxylic acids is 1. The quantitative estimate of drug-likeness (QED) is 0.703. The Labute approximate surface area is 170 Å². The van der Waals surface area contributed by atoms with Gasteiger partial charge in [0, 0.05) is 37.0 Å². The number of alkyl halides is 3. The lowest BCUT2D eigenvalue weighted by Gasteiger charge is -2.32. The predicted octanol–water partition coefficient (Wildman–Crippen LogP) is 3.42. The highest BCUT2D eigenvalue weighted by Crippen LogP contribution is 2.27. The molecule has 7 nitrogen and oxygen atoms in total. The zero-order chi connectivity index (χ0) is 21.3. The summed E-state index contributed by atoms with van der Waals surface area (Å²) in [5.74, 6) is -0.567. The monoisotopic (exact) mass is 418 g/mol. The van der Waals surface area contributed by atoms with Gasteiger partial charge in [0.05, 0.1) is 0 Å². The normalized spacial score (nSPS) is 15.5. The average molecular weight is 418 g/mol. The first-order valence-corrected chi connectivity index (χ1v) is 9.71. The van der Waals surface area contributed by atoms with Crippen molar-refractivity contribution in [2.24, 2.45) is 5.92 Å². The number of amides is 1. The van der Waals surface area contributed by atoms with Crippen molar-refractivity contribution in [3.63, 3.8) is 0 Å². The molecular weight excluding hydrogens is 397 g/mol. The zero-order valence-electron chi connectivity index (χ0n) is 16.4. The van der Waals surface area contributed by atoms with Crippen molar-refractivity contribution in [1.29, 1.82) is 0 Å². The molecule has 30 heavy (non-hydrogen) atoms. The number of anilines is 1. The molecule has 2 aromatic heterocycles. The molecule has 1 aromatic carbocycles. The number of hydrogen-bond donors (Lipinski definition) is 1. The Kier molecular flexibility index (Phi) is 5.31. The fourth-order valence-corrected chi connectivity index (χ4v) is 3.59. The van der Waals surface area contributed by atoms with Gasteiger partial charge in [-0.25, -0.2) is 4.98 Å². The Hall–Kier alpha value is -3.17. The van der Waals surface area contributed by atoms with E-state index in [1.165, 1.54) is 0 Å². The summed E-state index contributed by atoms with van der Waals surface area (Å²) < 4.78 is 39.9. The summed E-state index contributed by atoms with van der Waals surface area (Å²) in [5.41, 5.74) is 1.23. The summed E-state index contributed by atoms with van der Waals surface area (Å²) in [6, 6.07) is 10.8. The standard InChI is InChI=1S/C20H21F3N6O/c1-13-11-16(29-19(25-13)26-18(27-29)20(21,22)23)24-12-14-7-9-28(10-8-14)17(30)15-5-3-2-4-6-15/h2-6,11,14,24H,7-10,12H2,1H3. The number of carbonyl (C=O) groups is 1. The Morgan fingerprint density at radius 3 is 2.53 bits per heavy atom. The molecule has 10 heteroatoms. The third-order valence-corrected chi connectivity index (χ3v) is 5.19. The van der Waals surface area contributed by atoms with E-state index in [9.17, 15) is 18.0 Å². The van der Waals surface area contributed by atoms with Gasteiger partial charge in [-0.3, -0.25) is 4.79 Å². The Morgan fingerprint density at radius 1 is 1.17 bits per heavy atom. The molecule has 1 fully saturated rings. The van der Waals surface area contributed by atoms with E-state index in [-0.39, 0.29) is 11.7 Å². The lowest BCUT2D eigenvalue weighted by atomic mass is 9.96. The molecule has 0 unspecified atom stereocenters. The van der Waals surface area contributed by atoms with Crippen molar-refractivity contribution in [3.05, 3.63) is 53.5 Å². The highest BCUT2D eigenvalue weighted by molar-refractivity contribution is 5.94. The van der Waals surface area contributed by atoms with Gasteiger partial charge in [0.15, 0.2) is 0 Å². The third kappa shape index (κ3) is 4.22. The van der Waals surface area contributed by atoms with Crippen LogP contribution in [0.25, 0.3) is 5.78 Å². The van der Waals surface area contributed by atoms with E-state index in [1.807, 2.05) is 23.1 Å². The fraction of sp³-hybridized carbons (Fsp3) is 0.400. The van der Waals surface area contributed by atoms with Crippen molar-refractivity contribution in [2.75, 3.05) is 25.0 Å². The Balaban J connectivity index is 1.39. The molecule has 3 heterocycles. The second kappa shape index (κ2) is 7.92. The maximum Gasteiger partial charge on any atom is 0.453 e. The topological polar surface area (TPSA) is 75.4 Å². The van der Waals surface area contributed by atoms with Crippen molar-refractivity contribution in [1.82, 2.24) is 24.5 Å². The number of fused-ring (bicyclic) bond motifs is 1. The summed E-state index contributed by atoms with van der Waals surface area (Å²) in [7, 11) is 0. The molecule has 158 valence electrons. The Bertz CT molecular complexity index is 1040. The van der Waals surface area contributed by atoms with Gasteiger partial charge in [0.1, 0.15) is 5.82 Å². The number of aromatic nitrogens is 4. The van der Waals surface area contributed by atoms with Crippen LogP contribution in [-0.4, -0.2) is 50.0 Å². The lowest BCUT2D eigenvalue weighted by Crippen LogP contribution is -2.40. The molecule has 1 saturated heterocycles. The van der Waals surface area contributed by atoms with Gasteiger partial charge in [-0.05, 0) is 37.8 Å². The molecule has 1 aliphatic heterocycles. The van der Waals surface area contributed by atoms with Gasteiger partial charge in [-0.15, -0.1) is 5.10 Å². The van der Waals surface area contributed by atoms with Crippen LogP contribution in [0.4, 0.5) is 19.0 Å². The number of aryl methyl sites for hydroxylation is 1. The highest BCUT2D eigenvalue weighted by atomic mass is 19.4. The van der Waals surface area contributed by atoms with Crippen LogP contribution < -0.4 is 5.32 Å². The minimum atomic E-state index is -4.63. The van der Waals surface area contributed by atoms with Crippen LogP contribution in [0.5, 0.6) is 0 Å². The van der Waals surface area contributed by atoms with Crippen molar-refractivity contribution >= 4 is 17.5 Å². The Morgan fingerprint density at radius 2 is 1.87 bits per heavy atom. The van der Waals surface area contributed by atoms with Crippen LogP contribution >= 0.6 is 0 Å². The van der Waals surface area contributed by atoms with Gasteiger partial charge in [-0.1, -0.05) is 18.2 Å². The number of nitrogens with zero attached hydrogens (tertiary/aromatic N) is 5. The first-order chi connectivity index (χ1) is 14.3. The maximum absolute atomic E-state index is 12.9. The first-order valence-electron chi connectivity index (χ1n) is 9.71. The van der Waals surface area contributed by atoms with Gasteiger partial charge in [0.25, 0.3) is 17.5 Å². The van der Waals surface area contributed by atoms with Gasteiger partial charge >= 0.3 is 6.18 Å². The number of nitrogens with one attached hydrogen (secondary N) is 1. The summed E-state index contributed by atoms with van der Waals surface area (Å²) in [6.45, 7) is 3.55. The van der Waals surface area contributed by atoms with E-state index in [4.69, 9.17) is 0 Å². The number of benzene rings is 1. The SMILES string of the molecule is Cc1cc(NCC2CCN(C(=O)c3ccccc3)CC2)n2nc(C(F)(F)F)nc2n1. The molecule has 0 aliphatic carbocycles. The maximum atomic E-state index is 12.9. The van der Waals surface area contributed by atoms with Crippen LogP contribution in [0.2, 0.25) is 0 Å². The average Bonchev–Trinajstić information content (AvgIpc) is 3.17. The summed E-state index contributed by atoms with van der Waals surface area (Å²) in [6.07, 6.45) is -3.01. The number of piperidine rings is 1. The van der Waals surface area contributed by atoms with Gasteiger partial charge in [0.2, 0.25) is 0 Å². The number of halogens is 3. The lowest BCUT2D eigenvalue weighted by molar-refractivity contribution is -0.144. The smallest absolute Gasteiger partial charge is 0.370 e.